The van der Waals surface area contributed by atoms with Crippen LogP contribution in [0.2, 0.25) is 0 Å². The van der Waals surface area contributed by atoms with Gasteiger partial charge in [0.15, 0.2) is 34.9 Å². The zero-order chi connectivity index (χ0) is 82.0. The van der Waals surface area contributed by atoms with E-state index in [0.717, 1.165) is 95.0 Å². The highest BCUT2D eigenvalue weighted by Gasteiger charge is 2.27. The molecule has 0 atom stereocenters. The summed E-state index contributed by atoms with van der Waals surface area (Å²) < 4.78 is 9.75. The Morgan fingerprint density at radius 2 is 0.597 bits per heavy atom. The first-order valence-electron chi connectivity index (χ1n) is 41.6. The number of fused-ring (bicyclic) bond motifs is 14. The zero-order valence-corrected chi connectivity index (χ0v) is 68.5. The highest BCUT2D eigenvalue weighted by Crippen LogP contribution is 2.51. The molecule has 0 bridgehead atoms. The second-order valence-electron chi connectivity index (χ2n) is 30.9. The monoisotopic (exact) mass is 1620 g/mol. The summed E-state index contributed by atoms with van der Waals surface area (Å²) in [6, 6.07) is 152. The van der Waals surface area contributed by atoms with E-state index in [2.05, 4.69) is 325 Å². The molecule has 0 unspecified atom stereocenters. The van der Waals surface area contributed by atoms with E-state index >= 15 is 0 Å². The summed E-state index contributed by atoms with van der Waals surface area (Å²) in [5.74, 6) is 3.59. The van der Waals surface area contributed by atoms with E-state index in [-0.39, 0.29) is 0 Å². The number of pyridine rings is 1. The number of rotatable bonds is 14. The highest BCUT2D eigenvalue weighted by molar-refractivity contribution is 7.27. The molecule has 0 aliphatic heterocycles. The quantitative estimate of drug-likeness (QED) is 0.107. The Balaban J connectivity index is 0.000000146. The van der Waals surface area contributed by atoms with Crippen LogP contribution in [0.25, 0.3) is 231 Å². The predicted octanol–water partition coefficient (Wildman–Crippen LogP) is 30.1. The van der Waals surface area contributed by atoms with Crippen molar-refractivity contribution in [1.29, 1.82) is 0 Å². The number of hydrogen-bond donors (Lipinski definition) is 0. The van der Waals surface area contributed by atoms with Crippen molar-refractivity contribution in [3.63, 3.8) is 0 Å². The summed E-state index contributed by atoms with van der Waals surface area (Å²) in [6.45, 7) is 0. The van der Waals surface area contributed by atoms with Crippen LogP contribution in [-0.2, 0) is 0 Å². The van der Waals surface area contributed by atoms with Gasteiger partial charge in [0.05, 0.1) is 32.5 Å². The third-order valence-electron chi connectivity index (χ3n) is 23.5. The summed E-state index contributed by atoms with van der Waals surface area (Å²) in [7, 11) is 0. The molecule has 0 N–H and O–H groups in total. The average molecular weight is 1620 g/mol. The largest absolute Gasteiger partial charge is 0.309 e. The van der Waals surface area contributed by atoms with Gasteiger partial charge in [0.1, 0.15) is 5.69 Å². The van der Waals surface area contributed by atoms with Gasteiger partial charge in [-0.05, 0) is 136 Å². The van der Waals surface area contributed by atoms with E-state index in [0.29, 0.717) is 40.6 Å². The van der Waals surface area contributed by atoms with Gasteiger partial charge in [0.25, 0.3) is 0 Å². The molecule has 580 valence electrons. The molecule has 7 heterocycles. The summed E-state index contributed by atoms with van der Waals surface area (Å²) in [5.41, 5.74) is 25.3. The van der Waals surface area contributed by atoms with Crippen molar-refractivity contribution in [2.45, 2.75) is 0 Å². The van der Waals surface area contributed by atoms with Gasteiger partial charge < -0.3 is 9.13 Å². The van der Waals surface area contributed by atoms with Crippen LogP contribution in [0, 0.1) is 0 Å². The molecule has 24 aromatic rings. The fourth-order valence-corrected chi connectivity index (χ4v) is 20.3. The molecule has 0 fully saturated rings. The Morgan fingerprint density at radius 1 is 0.185 bits per heavy atom. The summed E-state index contributed by atoms with van der Waals surface area (Å²) >= 11 is 3.70. The Labute approximate surface area is 722 Å². The van der Waals surface area contributed by atoms with Crippen LogP contribution in [0.15, 0.2) is 431 Å². The Hall–Kier alpha value is -16.1. The maximum Gasteiger partial charge on any atom is 0.183 e. The molecule has 0 saturated carbocycles. The molecule has 0 aliphatic carbocycles. The lowest BCUT2D eigenvalue weighted by Gasteiger charge is -2.16. The maximum absolute atomic E-state index is 5.41. The van der Waals surface area contributed by atoms with E-state index in [1.54, 1.807) is 0 Å². The van der Waals surface area contributed by atoms with Crippen molar-refractivity contribution in [2.24, 2.45) is 0 Å². The first-order chi connectivity index (χ1) is 61.5. The molecule has 17 aromatic carbocycles. The minimum atomic E-state index is 0.522. The van der Waals surface area contributed by atoms with Gasteiger partial charge in [-0.15, -0.1) is 22.7 Å². The zero-order valence-electron chi connectivity index (χ0n) is 66.8. The van der Waals surface area contributed by atoms with Crippen molar-refractivity contribution < 1.29 is 0 Å². The lowest BCUT2D eigenvalue weighted by molar-refractivity contribution is 1.06. The molecule has 0 saturated heterocycles. The van der Waals surface area contributed by atoms with Crippen molar-refractivity contribution in [1.82, 2.24) is 44.0 Å². The Morgan fingerprint density at radius 3 is 1.16 bits per heavy atom. The number of para-hydroxylation sites is 4. The molecule has 124 heavy (non-hydrogen) atoms. The van der Waals surface area contributed by atoms with Crippen molar-refractivity contribution >= 4 is 107 Å². The molecular formula is C113H71N9S2. The number of nitrogens with zero attached hydrogens (tertiary/aromatic N) is 9. The molecule has 0 amide bonds. The minimum Gasteiger partial charge on any atom is -0.309 e. The predicted molar refractivity (Wildman–Crippen MR) is 517 cm³/mol. The third-order valence-corrected chi connectivity index (χ3v) is 25.9. The fourth-order valence-electron chi connectivity index (χ4n) is 17.8. The topological polar surface area (TPSA) is 100 Å². The fraction of sp³-hybridized carbons (Fsp3) is 0. The number of aromatic nitrogens is 9. The van der Waals surface area contributed by atoms with E-state index < -0.39 is 0 Å². The van der Waals surface area contributed by atoms with Crippen LogP contribution in [0.1, 0.15) is 0 Å². The van der Waals surface area contributed by atoms with Gasteiger partial charge in [-0.1, -0.05) is 340 Å². The normalized spacial score (nSPS) is 11.5. The van der Waals surface area contributed by atoms with E-state index in [4.69, 9.17) is 34.9 Å². The Kier molecular flexibility index (Phi) is 18.4. The smallest absolute Gasteiger partial charge is 0.183 e. The first-order valence-corrected chi connectivity index (χ1v) is 43.2. The van der Waals surface area contributed by atoms with Gasteiger partial charge in [-0.2, -0.15) is 0 Å². The van der Waals surface area contributed by atoms with Crippen LogP contribution < -0.4 is 0 Å². The molecule has 0 radical (unpaired) electrons. The van der Waals surface area contributed by atoms with Crippen LogP contribution >= 0.6 is 22.7 Å². The number of thiophene rings is 2. The second kappa shape index (κ2) is 31.3. The first kappa shape index (κ1) is 73.1. The highest BCUT2D eigenvalue weighted by atomic mass is 32.1. The lowest BCUT2D eigenvalue weighted by atomic mass is 9.90. The summed E-state index contributed by atoms with van der Waals surface area (Å²) in [4.78, 5) is 36.6. The molecule has 0 aliphatic rings. The maximum atomic E-state index is 5.41. The van der Waals surface area contributed by atoms with Crippen molar-refractivity contribution in [3.05, 3.63) is 431 Å². The molecule has 7 aromatic heterocycles. The lowest BCUT2D eigenvalue weighted by Crippen LogP contribution is -2.03. The average Bonchev–Trinajstić information content (AvgIpc) is 1.55. The van der Waals surface area contributed by atoms with E-state index in [9.17, 15) is 0 Å². The minimum absolute atomic E-state index is 0.522. The van der Waals surface area contributed by atoms with Gasteiger partial charge in [0.2, 0.25) is 0 Å². The molecular weight excluding hydrogens is 1550 g/mol. The van der Waals surface area contributed by atoms with Crippen LogP contribution in [0.5, 0.6) is 0 Å². The van der Waals surface area contributed by atoms with E-state index in [1.807, 2.05) is 138 Å². The summed E-state index contributed by atoms with van der Waals surface area (Å²) in [5, 5.41) is 9.90. The van der Waals surface area contributed by atoms with Gasteiger partial charge in [-0.3, -0.25) is 0 Å². The van der Waals surface area contributed by atoms with Gasteiger partial charge in [0, 0.05) is 113 Å². The van der Waals surface area contributed by atoms with Crippen molar-refractivity contribution in [2.75, 3.05) is 0 Å². The van der Waals surface area contributed by atoms with Gasteiger partial charge in [-0.25, -0.2) is 34.9 Å². The second-order valence-corrected chi connectivity index (χ2v) is 33.0. The van der Waals surface area contributed by atoms with Crippen LogP contribution in [0.3, 0.4) is 0 Å². The molecule has 9 nitrogen and oxygen atoms in total. The third kappa shape index (κ3) is 13.1. The standard InChI is InChI=1S/C63H40N4S.C50H31N5S/c1-6-19-41(20-7-1)46-37-47(42-21-8-2-9-22-42)39-48(38-46)45-33-34-50(54(40-45)63-65-61(43-23-10-3-11-24-43)64-62(66-63)44-25-12-4-13-26-44)51-30-18-31-53-59-57(68-60(51)53)36-35-56-58(59)52-29-16-17-32-55(52)67(56)49-27-14-5-15-28-49;1-5-16-32(17-6-1)41-31-30-38(45(51-41)50-53-48(33-18-7-2-8-19-33)52-49(54-50)34-20-9-3-10-21-34)37-25-15-27-43-44(37)40-29-28-39-36-24-13-14-26-42(36)55(46(39)47(40)56-43)35-22-11-4-12-23-35/h1-40H;1-31H. The van der Waals surface area contributed by atoms with Crippen LogP contribution in [-0.4, -0.2) is 44.0 Å². The van der Waals surface area contributed by atoms with Crippen LogP contribution in [0.4, 0.5) is 0 Å². The molecule has 24 rings (SSSR count). The molecule has 11 heteroatoms. The number of hydrogen-bond acceptors (Lipinski definition) is 9. The molecule has 0 spiro atoms. The van der Waals surface area contributed by atoms with Crippen molar-refractivity contribution in [3.8, 4) is 147 Å². The Bertz CT molecular complexity index is 8010. The summed E-state index contributed by atoms with van der Waals surface area (Å²) in [6.07, 6.45) is 0. The van der Waals surface area contributed by atoms with Gasteiger partial charge >= 0.3 is 0 Å². The van der Waals surface area contributed by atoms with E-state index in [1.165, 1.54) is 95.1 Å². The number of benzene rings is 17. The SMILES string of the molecule is c1ccc(-c2cc(-c3ccccc3)cc(-c3ccc(-c4cccc5c4sc4ccc6c(c7ccccc7n6-c6ccccc6)c45)c(-c4nc(-c5ccccc5)nc(-c5ccccc5)n4)c3)c2)cc1.c1ccc(-c2ccc(-c3cccc4sc5c(ccc6c7ccccc7n(-c7ccccc7)c65)c34)c(-c3nc(-c4ccccc4)nc(-c4ccccc4)n3)n2)cc1.